The van der Waals surface area contributed by atoms with Crippen LogP contribution in [-0.4, -0.2) is 6.16 Å². The molecule has 4 atom stereocenters. The molecule has 0 aromatic heterocycles. The van der Waals surface area contributed by atoms with Crippen LogP contribution in [0.4, 0.5) is 0 Å². The standard InChI is InChI=1S/C18H23P3/c19-9-15-5-4-13(7-17(15)11-21)14-3-1-12-2-6-16(10-20)18(12)8-14/h1,3-5,7-8,16H,2,6,9-11,19-21H2. The van der Waals surface area contributed by atoms with E-state index < -0.39 is 0 Å². The lowest BCUT2D eigenvalue weighted by molar-refractivity contribution is 0.757. The zero-order valence-electron chi connectivity index (χ0n) is 12.3. The van der Waals surface area contributed by atoms with E-state index >= 15 is 0 Å². The summed E-state index contributed by atoms with van der Waals surface area (Å²) in [4.78, 5) is 0. The Kier molecular flexibility index (Phi) is 5.11. The molecule has 0 bridgehead atoms. The maximum absolute atomic E-state index is 2.91. The first kappa shape index (κ1) is 15.6. The van der Waals surface area contributed by atoms with Crippen molar-refractivity contribution in [2.24, 2.45) is 0 Å². The van der Waals surface area contributed by atoms with Crippen LogP contribution in [0.5, 0.6) is 0 Å². The molecule has 0 heterocycles. The predicted octanol–water partition coefficient (Wildman–Crippen LogP) is 5.01. The van der Waals surface area contributed by atoms with Crippen LogP contribution in [0.15, 0.2) is 36.4 Å². The highest BCUT2D eigenvalue weighted by molar-refractivity contribution is 7.16. The second kappa shape index (κ2) is 6.87. The van der Waals surface area contributed by atoms with Gasteiger partial charge < -0.3 is 0 Å². The van der Waals surface area contributed by atoms with Crippen LogP contribution >= 0.6 is 27.7 Å². The summed E-state index contributed by atoms with van der Waals surface area (Å²) in [5.74, 6) is 0.734. The van der Waals surface area contributed by atoms with Crippen molar-refractivity contribution in [3.05, 3.63) is 58.7 Å². The van der Waals surface area contributed by atoms with Gasteiger partial charge in [-0.1, -0.05) is 36.4 Å². The van der Waals surface area contributed by atoms with Gasteiger partial charge in [-0.05, 0) is 70.6 Å². The average Bonchev–Trinajstić information content (AvgIpc) is 2.96. The normalized spacial score (nSPS) is 17.0. The third-order valence-electron chi connectivity index (χ3n) is 4.61. The Morgan fingerprint density at radius 2 is 1.57 bits per heavy atom. The Bertz CT molecular complexity index is 649. The number of benzene rings is 2. The molecule has 3 rings (SSSR count). The van der Waals surface area contributed by atoms with Gasteiger partial charge in [0, 0.05) is 0 Å². The van der Waals surface area contributed by atoms with Crippen molar-refractivity contribution >= 4 is 27.7 Å². The fraction of sp³-hybridized carbons (Fsp3) is 0.333. The second-order valence-corrected chi connectivity index (χ2v) is 7.06. The molecule has 21 heavy (non-hydrogen) atoms. The number of rotatable bonds is 4. The number of hydrogen-bond donors (Lipinski definition) is 0. The third kappa shape index (κ3) is 3.10. The minimum atomic E-state index is 0.734. The molecule has 4 unspecified atom stereocenters. The zero-order valence-corrected chi connectivity index (χ0v) is 15.8. The summed E-state index contributed by atoms with van der Waals surface area (Å²) < 4.78 is 0. The molecular weight excluding hydrogens is 309 g/mol. The predicted molar refractivity (Wildman–Crippen MR) is 104 cm³/mol. The lowest BCUT2D eigenvalue weighted by atomic mass is 9.95. The van der Waals surface area contributed by atoms with Crippen molar-refractivity contribution in [2.45, 2.75) is 31.1 Å². The van der Waals surface area contributed by atoms with Crippen LogP contribution in [0.2, 0.25) is 0 Å². The van der Waals surface area contributed by atoms with E-state index in [2.05, 4.69) is 64.1 Å². The molecule has 0 radical (unpaired) electrons. The van der Waals surface area contributed by atoms with E-state index in [1.165, 1.54) is 41.3 Å². The molecule has 0 nitrogen and oxygen atoms in total. The quantitative estimate of drug-likeness (QED) is 0.691. The largest absolute Gasteiger partial charge is 0.137 e. The zero-order chi connectivity index (χ0) is 14.8. The molecule has 0 aliphatic heterocycles. The molecule has 2 aromatic carbocycles. The van der Waals surface area contributed by atoms with Crippen molar-refractivity contribution < 1.29 is 0 Å². The van der Waals surface area contributed by atoms with Crippen molar-refractivity contribution in [1.29, 1.82) is 0 Å². The Labute approximate surface area is 135 Å². The number of aryl methyl sites for hydroxylation is 1. The van der Waals surface area contributed by atoms with Crippen LogP contribution in [0.3, 0.4) is 0 Å². The SMILES string of the molecule is PCc1ccc(-c2ccc3c(c2)C(CP)CC3)cc1CP. The molecule has 0 saturated carbocycles. The van der Waals surface area contributed by atoms with Gasteiger partial charge in [-0.15, -0.1) is 27.7 Å². The Morgan fingerprint density at radius 1 is 0.857 bits per heavy atom. The van der Waals surface area contributed by atoms with Crippen LogP contribution in [0.25, 0.3) is 11.1 Å². The Balaban J connectivity index is 2.01. The molecule has 1 aliphatic carbocycles. The van der Waals surface area contributed by atoms with Gasteiger partial charge >= 0.3 is 0 Å². The highest BCUT2D eigenvalue weighted by Crippen LogP contribution is 2.37. The molecule has 0 N–H and O–H groups in total. The fourth-order valence-corrected chi connectivity index (χ4v) is 4.57. The van der Waals surface area contributed by atoms with Crippen LogP contribution in [-0.2, 0) is 18.7 Å². The highest BCUT2D eigenvalue weighted by atomic mass is 31.0. The highest BCUT2D eigenvalue weighted by Gasteiger charge is 2.21. The van der Waals surface area contributed by atoms with E-state index in [0.717, 1.165) is 18.2 Å². The average molecular weight is 332 g/mol. The van der Waals surface area contributed by atoms with Crippen LogP contribution < -0.4 is 0 Å². The Hall–Kier alpha value is -0.270. The topological polar surface area (TPSA) is 0 Å². The molecule has 0 amide bonds. The first-order chi connectivity index (χ1) is 10.3. The summed E-state index contributed by atoms with van der Waals surface area (Å²) in [6, 6.07) is 14.0. The third-order valence-corrected chi connectivity index (χ3v) is 6.06. The minimum absolute atomic E-state index is 0.734. The van der Waals surface area contributed by atoms with Gasteiger partial charge in [-0.3, -0.25) is 0 Å². The summed E-state index contributed by atoms with van der Waals surface area (Å²) >= 11 is 0. The van der Waals surface area contributed by atoms with Gasteiger partial charge in [0.05, 0.1) is 0 Å². The summed E-state index contributed by atoms with van der Waals surface area (Å²) in [6.07, 6.45) is 5.79. The summed E-state index contributed by atoms with van der Waals surface area (Å²) in [7, 11) is 8.60. The smallest absolute Gasteiger partial charge is 0.0121 e. The number of hydrogen-bond acceptors (Lipinski definition) is 0. The summed E-state index contributed by atoms with van der Waals surface area (Å²) in [5.41, 5.74) is 8.73. The lowest BCUT2D eigenvalue weighted by Crippen LogP contribution is -1.95. The molecule has 1 aliphatic rings. The minimum Gasteiger partial charge on any atom is -0.137 e. The van der Waals surface area contributed by atoms with Crippen molar-refractivity contribution in [1.82, 2.24) is 0 Å². The van der Waals surface area contributed by atoms with Gasteiger partial charge in [0.2, 0.25) is 0 Å². The van der Waals surface area contributed by atoms with E-state index in [1.54, 1.807) is 11.1 Å². The van der Waals surface area contributed by atoms with E-state index in [0.29, 0.717) is 0 Å². The Morgan fingerprint density at radius 3 is 2.29 bits per heavy atom. The van der Waals surface area contributed by atoms with Crippen molar-refractivity contribution in [3.63, 3.8) is 0 Å². The maximum Gasteiger partial charge on any atom is -0.0121 e. The molecule has 3 heteroatoms. The monoisotopic (exact) mass is 332 g/mol. The fourth-order valence-electron chi connectivity index (χ4n) is 3.31. The van der Waals surface area contributed by atoms with Gasteiger partial charge in [0.1, 0.15) is 0 Å². The first-order valence-corrected chi connectivity index (χ1v) is 10.1. The molecule has 0 saturated heterocycles. The van der Waals surface area contributed by atoms with Gasteiger partial charge in [-0.25, -0.2) is 0 Å². The number of fused-ring (bicyclic) bond motifs is 1. The van der Waals surface area contributed by atoms with Crippen LogP contribution in [0.1, 0.15) is 34.6 Å². The molecule has 0 spiro atoms. The van der Waals surface area contributed by atoms with E-state index in [9.17, 15) is 0 Å². The van der Waals surface area contributed by atoms with Gasteiger partial charge in [0.15, 0.2) is 0 Å². The first-order valence-electron chi connectivity index (χ1n) is 7.62. The van der Waals surface area contributed by atoms with Crippen molar-refractivity contribution in [2.75, 3.05) is 6.16 Å². The molecule has 2 aromatic rings. The van der Waals surface area contributed by atoms with E-state index in [-0.39, 0.29) is 0 Å². The van der Waals surface area contributed by atoms with E-state index in [1.807, 2.05) is 0 Å². The van der Waals surface area contributed by atoms with Crippen LogP contribution in [0, 0.1) is 0 Å². The lowest BCUT2D eigenvalue weighted by Gasteiger charge is -2.12. The van der Waals surface area contributed by atoms with Crippen molar-refractivity contribution in [3.8, 4) is 11.1 Å². The van der Waals surface area contributed by atoms with E-state index in [4.69, 9.17) is 0 Å². The molecular formula is C18H23P3. The second-order valence-electron chi connectivity index (χ2n) is 5.78. The molecule has 0 fully saturated rings. The van der Waals surface area contributed by atoms with Gasteiger partial charge in [0.25, 0.3) is 0 Å². The molecule has 110 valence electrons. The summed E-state index contributed by atoms with van der Waals surface area (Å²) in [5, 5.41) is 0. The maximum atomic E-state index is 2.91. The van der Waals surface area contributed by atoms with Gasteiger partial charge in [-0.2, -0.15) is 0 Å². The summed E-state index contributed by atoms with van der Waals surface area (Å²) in [6.45, 7) is 0.